The summed E-state index contributed by atoms with van der Waals surface area (Å²) >= 11 is 0. The molecule has 1 atom stereocenters. The van der Waals surface area contributed by atoms with Crippen molar-refractivity contribution < 1.29 is 13.2 Å². The molecule has 1 N–H and O–H groups in total. The molecule has 1 amide bonds. The minimum Gasteiger partial charge on any atom is -0.326 e. The lowest BCUT2D eigenvalue weighted by molar-refractivity contribution is -0.119. The van der Waals surface area contributed by atoms with E-state index in [1.807, 2.05) is 13.8 Å². The van der Waals surface area contributed by atoms with Crippen molar-refractivity contribution in [1.82, 2.24) is 4.31 Å². The van der Waals surface area contributed by atoms with Gasteiger partial charge in [-0.3, -0.25) is 4.79 Å². The monoisotopic (exact) mass is 310 g/mol. The van der Waals surface area contributed by atoms with E-state index >= 15 is 0 Å². The van der Waals surface area contributed by atoms with Crippen molar-refractivity contribution in [2.45, 2.75) is 38.0 Å². The summed E-state index contributed by atoms with van der Waals surface area (Å²) in [5.41, 5.74) is 0.626. The van der Waals surface area contributed by atoms with Crippen molar-refractivity contribution in [3.8, 4) is 0 Å². The molecule has 0 aliphatic carbocycles. The van der Waals surface area contributed by atoms with Crippen LogP contribution >= 0.6 is 0 Å². The maximum Gasteiger partial charge on any atom is 0.243 e. The quantitative estimate of drug-likeness (QED) is 0.908. The molecule has 0 aromatic heterocycles. The minimum absolute atomic E-state index is 0.0485. The molecule has 0 spiro atoms. The summed E-state index contributed by atoms with van der Waals surface area (Å²) in [6, 6.07) is 6.40. The van der Waals surface area contributed by atoms with Gasteiger partial charge in [-0.05, 0) is 43.5 Å². The first-order valence-corrected chi connectivity index (χ1v) is 8.80. The normalized spacial score (nSPS) is 17.6. The molecule has 1 aliphatic heterocycles. The Morgan fingerprint density at radius 2 is 1.81 bits per heavy atom. The van der Waals surface area contributed by atoms with Gasteiger partial charge in [0.15, 0.2) is 0 Å². The molecule has 2 rings (SSSR count). The summed E-state index contributed by atoms with van der Waals surface area (Å²) in [7, 11) is -3.38. The highest BCUT2D eigenvalue weighted by molar-refractivity contribution is 7.89. The molecule has 0 bridgehead atoms. The van der Waals surface area contributed by atoms with Crippen LogP contribution in [-0.4, -0.2) is 31.7 Å². The number of hydrogen-bond donors (Lipinski definition) is 1. The van der Waals surface area contributed by atoms with Gasteiger partial charge in [0.05, 0.1) is 4.90 Å². The van der Waals surface area contributed by atoms with Crippen LogP contribution in [0.1, 0.15) is 33.1 Å². The number of sulfonamides is 1. The molecule has 116 valence electrons. The second-order valence-electron chi connectivity index (χ2n) is 5.43. The number of carbonyl (C=O) groups is 1. The molecule has 1 aliphatic rings. The molecule has 1 heterocycles. The summed E-state index contributed by atoms with van der Waals surface area (Å²) in [5, 5.41) is 2.79. The summed E-state index contributed by atoms with van der Waals surface area (Å²) in [6.45, 7) is 5.00. The van der Waals surface area contributed by atoms with Crippen LogP contribution in [0.5, 0.6) is 0 Å². The van der Waals surface area contributed by atoms with E-state index in [9.17, 15) is 13.2 Å². The van der Waals surface area contributed by atoms with Crippen LogP contribution in [0.2, 0.25) is 0 Å². The third kappa shape index (κ3) is 3.63. The van der Waals surface area contributed by atoms with Crippen molar-refractivity contribution in [2.24, 2.45) is 5.92 Å². The highest BCUT2D eigenvalue weighted by atomic mass is 32.2. The van der Waals surface area contributed by atoms with E-state index < -0.39 is 10.0 Å². The maximum absolute atomic E-state index is 12.4. The number of anilines is 1. The van der Waals surface area contributed by atoms with Gasteiger partial charge in [-0.1, -0.05) is 13.8 Å². The highest BCUT2D eigenvalue weighted by Gasteiger charge is 2.26. The molecule has 21 heavy (non-hydrogen) atoms. The van der Waals surface area contributed by atoms with Gasteiger partial charge < -0.3 is 5.32 Å². The van der Waals surface area contributed by atoms with Crippen LogP contribution < -0.4 is 5.32 Å². The third-order valence-electron chi connectivity index (χ3n) is 3.88. The fraction of sp³-hybridized carbons (Fsp3) is 0.533. The fourth-order valence-electron chi connectivity index (χ4n) is 2.24. The molecule has 1 fully saturated rings. The smallest absolute Gasteiger partial charge is 0.243 e. The van der Waals surface area contributed by atoms with Gasteiger partial charge >= 0.3 is 0 Å². The van der Waals surface area contributed by atoms with E-state index in [-0.39, 0.29) is 16.7 Å². The summed E-state index contributed by atoms with van der Waals surface area (Å²) in [6.07, 6.45) is 2.61. The van der Waals surface area contributed by atoms with Crippen molar-refractivity contribution >= 4 is 21.6 Å². The highest BCUT2D eigenvalue weighted by Crippen LogP contribution is 2.22. The number of nitrogens with one attached hydrogen (secondary N) is 1. The van der Waals surface area contributed by atoms with Gasteiger partial charge in [-0.25, -0.2) is 8.42 Å². The van der Waals surface area contributed by atoms with Gasteiger partial charge in [-0.15, -0.1) is 0 Å². The topological polar surface area (TPSA) is 66.5 Å². The Bertz CT molecular complexity index is 590. The predicted molar refractivity (Wildman–Crippen MR) is 82.5 cm³/mol. The summed E-state index contributed by atoms with van der Waals surface area (Å²) in [4.78, 5) is 12.1. The Hall–Kier alpha value is -1.40. The zero-order chi connectivity index (χ0) is 15.5. The van der Waals surface area contributed by atoms with Gasteiger partial charge in [0, 0.05) is 24.7 Å². The Kier molecular flexibility index (Phi) is 5.00. The molecular formula is C15H22N2O3S. The average molecular weight is 310 g/mol. The van der Waals surface area contributed by atoms with Crippen LogP contribution in [0.4, 0.5) is 5.69 Å². The van der Waals surface area contributed by atoms with Crippen molar-refractivity contribution in [3.05, 3.63) is 24.3 Å². The standard InChI is InChI=1S/C15H22N2O3S/c1-3-12(2)15(18)16-13-6-8-14(9-7-13)21(19,20)17-10-4-5-11-17/h6-9,12H,3-5,10-11H2,1-2H3,(H,16,18)/t12-/m1/s1. The third-order valence-corrected chi connectivity index (χ3v) is 5.80. The number of benzene rings is 1. The lowest BCUT2D eigenvalue weighted by Crippen LogP contribution is -2.27. The Morgan fingerprint density at radius 1 is 1.24 bits per heavy atom. The van der Waals surface area contributed by atoms with Gasteiger partial charge in [0.2, 0.25) is 15.9 Å². The predicted octanol–water partition coefficient (Wildman–Crippen LogP) is 2.46. The minimum atomic E-state index is -3.38. The van der Waals surface area contributed by atoms with Crippen LogP contribution in [0.25, 0.3) is 0 Å². The Morgan fingerprint density at radius 3 is 2.33 bits per heavy atom. The van der Waals surface area contributed by atoms with Crippen molar-refractivity contribution in [3.63, 3.8) is 0 Å². The van der Waals surface area contributed by atoms with Crippen LogP contribution in [0.3, 0.4) is 0 Å². The first-order chi connectivity index (χ1) is 9.95. The zero-order valence-electron chi connectivity index (χ0n) is 12.5. The van der Waals surface area contributed by atoms with E-state index in [4.69, 9.17) is 0 Å². The molecule has 1 aromatic carbocycles. The SMILES string of the molecule is CC[C@@H](C)C(=O)Nc1ccc(S(=O)(=O)N2CCCC2)cc1. The lowest BCUT2D eigenvalue weighted by Gasteiger charge is -2.16. The molecule has 0 saturated carbocycles. The first kappa shape index (κ1) is 16.0. The fourth-order valence-corrected chi connectivity index (χ4v) is 3.76. The van der Waals surface area contributed by atoms with Gasteiger partial charge in [-0.2, -0.15) is 4.31 Å². The second kappa shape index (κ2) is 6.58. The molecule has 1 saturated heterocycles. The van der Waals surface area contributed by atoms with Crippen molar-refractivity contribution in [1.29, 1.82) is 0 Å². The number of hydrogen-bond acceptors (Lipinski definition) is 3. The number of amides is 1. The summed E-state index contributed by atoms with van der Waals surface area (Å²) in [5.74, 6) is -0.106. The molecule has 0 unspecified atom stereocenters. The van der Waals surface area contributed by atoms with E-state index in [1.165, 1.54) is 4.31 Å². The van der Waals surface area contributed by atoms with E-state index in [1.54, 1.807) is 24.3 Å². The number of nitrogens with zero attached hydrogens (tertiary/aromatic N) is 1. The summed E-state index contributed by atoms with van der Waals surface area (Å²) < 4.78 is 26.2. The van der Waals surface area contributed by atoms with Crippen LogP contribution in [0.15, 0.2) is 29.2 Å². The number of carbonyl (C=O) groups excluding carboxylic acids is 1. The zero-order valence-corrected chi connectivity index (χ0v) is 13.3. The lowest BCUT2D eigenvalue weighted by atomic mass is 10.1. The Labute approximate surface area is 126 Å². The Balaban J connectivity index is 2.10. The van der Waals surface area contributed by atoms with E-state index in [0.29, 0.717) is 18.8 Å². The largest absolute Gasteiger partial charge is 0.326 e. The molecule has 1 aromatic rings. The van der Waals surface area contributed by atoms with Crippen molar-refractivity contribution in [2.75, 3.05) is 18.4 Å². The van der Waals surface area contributed by atoms with Gasteiger partial charge in [0.1, 0.15) is 0 Å². The molecular weight excluding hydrogens is 288 g/mol. The second-order valence-corrected chi connectivity index (χ2v) is 7.37. The first-order valence-electron chi connectivity index (χ1n) is 7.36. The molecule has 0 radical (unpaired) electrons. The van der Waals surface area contributed by atoms with Crippen LogP contribution in [-0.2, 0) is 14.8 Å². The van der Waals surface area contributed by atoms with E-state index in [2.05, 4.69) is 5.32 Å². The van der Waals surface area contributed by atoms with E-state index in [0.717, 1.165) is 19.3 Å². The molecule has 6 heteroatoms. The average Bonchev–Trinajstić information content (AvgIpc) is 3.02. The molecule has 5 nitrogen and oxygen atoms in total. The van der Waals surface area contributed by atoms with Gasteiger partial charge in [0.25, 0.3) is 0 Å². The maximum atomic E-state index is 12.4. The van der Waals surface area contributed by atoms with Crippen LogP contribution in [0, 0.1) is 5.92 Å². The number of rotatable bonds is 5.